The first kappa shape index (κ1) is 34.9. The van der Waals surface area contributed by atoms with Gasteiger partial charge in [-0.2, -0.15) is 0 Å². The molecule has 0 bridgehead atoms. The van der Waals surface area contributed by atoms with Crippen LogP contribution in [0.2, 0.25) is 0 Å². The molecule has 4 aromatic rings. The van der Waals surface area contributed by atoms with E-state index in [2.05, 4.69) is 75.8 Å². The van der Waals surface area contributed by atoms with Crippen LogP contribution in [0, 0.1) is 46.8 Å². The summed E-state index contributed by atoms with van der Waals surface area (Å²) in [6.07, 6.45) is 5.70. The van der Waals surface area contributed by atoms with Gasteiger partial charge in [-0.15, -0.1) is 12.1 Å². The zero-order valence-electron chi connectivity index (χ0n) is 26.5. The van der Waals surface area contributed by atoms with Crippen molar-refractivity contribution in [1.29, 1.82) is 0 Å². The van der Waals surface area contributed by atoms with Crippen LogP contribution in [0.4, 0.5) is 17.6 Å². The zero-order chi connectivity index (χ0) is 31.9. The van der Waals surface area contributed by atoms with Gasteiger partial charge in [-0.1, -0.05) is 107 Å². The Morgan fingerprint density at radius 1 is 0.622 bits per heavy atom. The van der Waals surface area contributed by atoms with E-state index in [-0.39, 0.29) is 43.0 Å². The van der Waals surface area contributed by atoms with Gasteiger partial charge in [0.1, 0.15) is 23.8 Å². The van der Waals surface area contributed by atoms with Crippen LogP contribution in [-0.2, 0) is 39.3 Å². The summed E-state index contributed by atoms with van der Waals surface area (Å²) in [5.74, 6) is -3.85. The molecule has 0 saturated heterocycles. The third kappa shape index (κ3) is 8.24. The standard InChI is InChI=1S/C36H38F4N4.Pt/c1-34(2,3)20-22-16-26(24-10-12-30(37)43-32(24)39)41-28(18-22)36(14-8-7-9-15-36)29-19-23(21-35(4,5)6)17-27(42-29)25-11-13-31(38)44-33(25)40;/h12-13,16-19H,7-9,14-15,20-21H2,1-6H3;/q-2;+2. The molecular formula is C36H38F4N4Pt. The van der Waals surface area contributed by atoms with E-state index in [1.165, 1.54) is 0 Å². The van der Waals surface area contributed by atoms with E-state index in [0.29, 0.717) is 24.2 Å². The summed E-state index contributed by atoms with van der Waals surface area (Å²) in [4.78, 5) is 16.8. The maximum atomic E-state index is 15.0. The molecule has 0 spiro atoms. The minimum Gasteiger partial charge on any atom is -0.300 e. The van der Waals surface area contributed by atoms with Crippen molar-refractivity contribution in [2.45, 2.75) is 91.9 Å². The van der Waals surface area contributed by atoms with E-state index >= 15 is 8.78 Å². The van der Waals surface area contributed by atoms with Crippen molar-refractivity contribution in [3.63, 3.8) is 0 Å². The van der Waals surface area contributed by atoms with Gasteiger partial charge in [-0.3, -0.25) is 9.97 Å². The fourth-order valence-corrected chi connectivity index (χ4v) is 6.25. The largest absolute Gasteiger partial charge is 2.00 e. The molecular weight excluding hydrogens is 759 g/mol. The second-order valence-electron chi connectivity index (χ2n) is 14.4. The van der Waals surface area contributed by atoms with Crippen molar-refractivity contribution in [1.82, 2.24) is 19.9 Å². The first-order chi connectivity index (χ1) is 20.6. The molecule has 0 radical (unpaired) electrons. The van der Waals surface area contributed by atoms with E-state index in [0.717, 1.165) is 66.8 Å². The van der Waals surface area contributed by atoms with E-state index in [1.54, 1.807) is 0 Å². The van der Waals surface area contributed by atoms with Gasteiger partial charge in [0.2, 0.25) is 0 Å². The number of pyridine rings is 4. The molecule has 5 rings (SSSR count). The monoisotopic (exact) mass is 797 g/mol. The minimum absolute atomic E-state index is 0. The second kappa shape index (κ2) is 13.4. The van der Waals surface area contributed by atoms with Crippen molar-refractivity contribution in [2.75, 3.05) is 0 Å². The summed E-state index contributed by atoms with van der Waals surface area (Å²) in [7, 11) is 0. The number of hydrogen-bond acceptors (Lipinski definition) is 4. The molecule has 0 amide bonds. The quantitative estimate of drug-likeness (QED) is 0.111. The fraction of sp³-hybridized carbons (Fsp3) is 0.444. The minimum atomic E-state index is -0.975. The molecule has 9 heteroatoms. The maximum Gasteiger partial charge on any atom is 2.00 e. The Balaban J connectivity index is 0.00000461. The Bertz CT molecular complexity index is 1550. The predicted octanol–water partition coefficient (Wildman–Crippen LogP) is 9.18. The summed E-state index contributed by atoms with van der Waals surface area (Å²) in [6, 6.07) is 15.2. The molecule has 1 aliphatic carbocycles. The fourth-order valence-electron chi connectivity index (χ4n) is 6.25. The van der Waals surface area contributed by atoms with E-state index < -0.39 is 29.2 Å². The van der Waals surface area contributed by atoms with Crippen molar-refractivity contribution in [3.8, 4) is 22.5 Å². The van der Waals surface area contributed by atoms with Gasteiger partial charge in [0, 0.05) is 11.4 Å². The topological polar surface area (TPSA) is 51.6 Å². The van der Waals surface area contributed by atoms with Gasteiger partial charge < -0.3 is 9.97 Å². The molecule has 240 valence electrons. The predicted molar refractivity (Wildman–Crippen MR) is 163 cm³/mol. The molecule has 45 heavy (non-hydrogen) atoms. The van der Waals surface area contributed by atoms with Gasteiger partial charge in [0.15, 0.2) is 0 Å². The molecule has 4 aromatic heterocycles. The van der Waals surface area contributed by atoms with E-state index in [9.17, 15) is 8.78 Å². The number of nitrogens with zero attached hydrogens (tertiary/aromatic N) is 4. The van der Waals surface area contributed by atoms with Crippen molar-refractivity contribution in [3.05, 3.63) is 94.8 Å². The molecule has 0 aliphatic heterocycles. The average Bonchev–Trinajstić information content (AvgIpc) is 2.91. The Morgan fingerprint density at radius 3 is 1.38 bits per heavy atom. The van der Waals surface area contributed by atoms with Crippen molar-refractivity contribution in [2.24, 2.45) is 10.8 Å². The Morgan fingerprint density at radius 2 is 1.02 bits per heavy atom. The maximum absolute atomic E-state index is 15.0. The summed E-state index contributed by atoms with van der Waals surface area (Å²) in [5.41, 5.74) is 3.16. The molecule has 0 atom stereocenters. The van der Waals surface area contributed by atoms with Crippen LogP contribution in [0.5, 0.6) is 0 Å². The van der Waals surface area contributed by atoms with Gasteiger partial charge in [-0.05, 0) is 60.0 Å². The molecule has 0 aromatic carbocycles. The first-order valence-corrected chi connectivity index (χ1v) is 15.1. The Labute approximate surface area is 277 Å². The van der Waals surface area contributed by atoms with Crippen LogP contribution >= 0.6 is 0 Å². The second-order valence-corrected chi connectivity index (χ2v) is 14.4. The van der Waals surface area contributed by atoms with E-state index in [4.69, 9.17) is 9.97 Å². The first-order valence-electron chi connectivity index (χ1n) is 15.1. The number of aromatic nitrogens is 4. The molecule has 0 N–H and O–H groups in total. The summed E-state index contributed by atoms with van der Waals surface area (Å²) >= 11 is 0. The normalized spacial score (nSPS) is 15.1. The zero-order valence-corrected chi connectivity index (χ0v) is 28.8. The van der Waals surface area contributed by atoms with Crippen LogP contribution in [0.25, 0.3) is 22.5 Å². The molecule has 1 saturated carbocycles. The van der Waals surface area contributed by atoms with Crippen LogP contribution in [-0.4, -0.2) is 19.9 Å². The molecule has 1 aliphatic rings. The SMILES string of the molecule is CC(C)(C)Cc1cc(-c2[c-]cc(F)nc2F)nc(C2(c3cc(CC(C)(C)C)cc(-c4[c-]cc(F)nc4F)n3)CCCCC2)c1.[Pt+2]. The molecule has 4 nitrogen and oxygen atoms in total. The third-order valence-electron chi connectivity index (χ3n) is 7.93. The number of halogens is 4. The Kier molecular flexibility index (Phi) is 10.4. The molecule has 0 unspecified atom stereocenters. The molecule has 1 fully saturated rings. The molecule has 4 heterocycles. The summed E-state index contributed by atoms with van der Waals surface area (Å²) in [6.45, 7) is 12.8. The van der Waals surface area contributed by atoms with Crippen LogP contribution in [0.1, 0.15) is 96.2 Å². The van der Waals surface area contributed by atoms with Gasteiger partial charge >= 0.3 is 21.1 Å². The Hall–Kier alpha value is -2.99. The number of hydrogen-bond donors (Lipinski definition) is 0. The van der Waals surface area contributed by atoms with Crippen molar-refractivity contribution >= 4 is 0 Å². The third-order valence-corrected chi connectivity index (χ3v) is 7.93. The van der Waals surface area contributed by atoms with Crippen LogP contribution < -0.4 is 0 Å². The number of rotatable bonds is 6. The van der Waals surface area contributed by atoms with Gasteiger partial charge in [-0.25, -0.2) is 17.6 Å². The van der Waals surface area contributed by atoms with Gasteiger partial charge in [0.25, 0.3) is 0 Å². The average molecular weight is 798 g/mol. The van der Waals surface area contributed by atoms with Crippen LogP contribution in [0.3, 0.4) is 0 Å². The smallest absolute Gasteiger partial charge is 0.300 e. The summed E-state index contributed by atoms with van der Waals surface area (Å²) < 4.78 is 57.5. The van der Waals surface area contributed by atoms with Gasteiger partial charge in [0.05, 0.1) is 5.41 Å². The van der Waals surface area contributed by atoms with Crippen molar-refractivity contribution < 1.29 is 38.6 Å². The summed E-state index contributed by atoms with van der Waals surface area (Å²) in [5, 5.41) is 0. The van der Waals surface area contributed by atoms with Crippen LogP contribution in [0.15, 0.2) is 36.4 Å². The van der Waals surface area contributed by atoms with E-state index in [1.807, 2.05) is 12.1 Å².